The van der Waals surface area contributed by atoms with Crippen LogP contribution in [-0.2, 0) is 13.8 Å². The normalized spacial score (nSPS) is 11.9. The Morgan fingerprint density at radius 3 is 2.00 bits per heavy atom. The summed E-state index contributed by atoms with van der Waals surface area (Å²) in [6, 6.07) is 0. The molecule has 0 unspecified atom stereocenters. The summed E-state index contributed by atoms with van der Waals surface area (Å²) in [5, 5.41) is 0. The highest BCUT2D eigenvalue weighted by Gasteiger charge is 2.21. The van der Waals surface area contributed by atoms with E-state index in [1.165, 1.54) is 14.1 Å². The summed E-state index contributed by atoms with van der Waals surface area (Å²) in [6.45, 7) is 0. The maximum atomic E-state index is 11.1. The van der Waals surface area contributed by atoms with Crippen LogP contribution in [0.1, 0.15) is 0 Å². The van der Waals surface area contributed by atoms with Gasteiger partial charge in [-0.05, 0) is 0 Å². The maximum Gasteiger partial charge on any atom is 0.376 e. The van der Waals surface area contributed by atoms with E-state index >= 15 is 0 Å². The van der Waals surface area contributed by atoms with E-state index in [-0.39, 0.29) is 6.29 Å². The number of hydrogen-bond acceptors (Lipinski definition) is 6. The van der Waals surface area contributed by atoms with Gasteiger partial charge in [0, 0.05) is 14.1 Å². The molecule has 0 aromatic rings. The van der Waals surface area contributed by atoms with E-state index in [1.807, 2.05) is 0 Å². The van der Waals surface area contributed by atoms with Crippen molar-refractivity contribution in [3.05, 3.63) is 0 Å². The molecular weight excluding hydrogens is 157 g/mol. The van der Waals surface area contributed by atoms with Crippen molar-refractivity contribution in [1.29, 1.82) is 0 Å². The highest BCUT2D eigenvalue weighted by atomic mass is 31.2. The lowest BCUT2D eigenvalue weighted by atomic mass is 11.5. The molecule has 0 aromatic heterocycles. The summed E-state index contributed by atoms with van der Waals surface area (Å²) in [6.07, 6.45) is -0.172. The Balaban J connectivity index is 3.83. The summed E-state index contributed by atoms with van der Waals surface area (Å²) < 4.78 is 20.1. The van der Waals surface area contributed by atoms with Crippen molar-refractivity contribution < 1.29 is 13.8 Å². The van der Waals surface area contributed by atoms with E-state index in [0.29, 0.717) is 0 Å². The zero-order valence-corrected chi connectivity index (χ0v) is 6.85. The van der Waals surface area contributed by atoms with Gasteiger partial charge in [-0.3, -0.25) is 4.57 Å². The van der Waals surface area contributed by atoms with Gasteiger partial charge in [0.1, 0.15) is 0 Å². The Morgan fingerprint density at radius 2 is 1.80 bits per heavy atom. The lowest BCUT2D eigenvalue weighted by Gasteiger charge is -2.12. The van der Waals surface area contributed by atoms with E-state index in [9.17, 15) is 4.57 Å². The van der Waals surface area contributed by atoms with Crippen LogP contribution in [0, 0.1) is 0 Å². The van der Waals surface area contributed by atoms with Crippen molar-refractivity contribution in [2.75, 3.05) is 20.4 Å². The van der Waals surface area contributed by atoms with Gasteiger partial charge in [-0.15, -0.1) is 0 Å². The Bertz CT molecular complexity index is 120. The van der Waals surface area contributed by atoms with Gasteiger partial charge in [0.25, 0.3) is 0 Å². The molecule has 4 N–H and O–H groups in total. The van der Waals surface area contributed by atoms with Crippen molar-refractivity contribution in [1.82, 2.24) is 11.0 Å². The fourth-order valence-electron chi connectivity index (χ4n) is 0.371. The van der Waals surface area contributed by atoms with Crippen molar-refractivity contribution >= 4 is 7.60 Å². The number of hydrogen-bond donors (Lipinski definition) is 3. The largest absolute Gasteiger partial charge is 0.376 e. The monoisotopic (exact) mass is 169 g/mol. The van der Waals surface area contributed by atoms with Crippen LogP contribution in [0.2, 0.25) is 0 Å². The molecule has 10 heavy (non-hydrogen) atoms. The van der Waals surface area contributed by atoms with E-state index in [4.69, 9.17) is 5.73 Å². The molecule has 0 spiro atoms. The molecule has 0 fully saturated rings. The van der Waals surface area contributed by atoms with E-state index < -0.39 is 7.60 Å². The second-order valence-corrected chi connectivity index (χ2v) is 3.34. The highest BCUT2D eigenvalue weighted by molar-refractivity contribution is 7.53. The quantitative estimate of drug-likeness (QED) is 0.376. The molecule has 62 valence electrons. The predicted molar refractivity (Wildman–Crippen MR) is 37.0 cm³/mol. The van der Waals surface area contributed by atoms with Gasteiger partial charge in [0.15, 0.2) is 0 Å². The van der Waals surface area contributed by atoms with Crippen LogP contribution in [0.15, 0.2) is 0 Å². The lowest BCUT2D eigenvalue weighted by molar-refractivity contribution is 0.122. The number of hydroxylamine groups is 2. The van der Waals surface area contributed by atoms with E-state index in [2.05, 4.69) is 20.2 Å². The molecule has 0 bridgehead atoms. The molecule has 0 aliphatic rings. The van der Waals surface area contributed by atoms with Crippen LogP contribution < -0.4 is 16.7 Å². The molecule has 0 rings (SSSR count). The SMILES string of the molecule is CNOP(=O)(CN)ONC. The van der Waals surface area contributed by atoms with Crippen LogP contribution in [0.3, 0.4) is 0 Å². The number of nitrogens with one attached hydrogen (secondary N) is 2. The Morgan fingerprint density at radius 1 is 1.40 bits per heavy atom. The van der Waals surface area contributed by atoms with Gasteiger partial charge in [-0.2, -0.15) is 11.0 Å². The second kappa shape index (κ2) is 4.79. The van der Waals surface area contributed by atoms with Crippen molar-refractivity contribution in [3.8, 4) is 0 Å². The minimum Gasteiger partial charge on any atom is -0.320 e. The molecule has 0 saturated carbocycles. The number of rotatable bonds is 5. The van der Waals surface area contributed by atoms with E-state index in [1.54, 1.807) is 0 Å². The molecule has 0 amide bonds. The van der Waals surface area contributed by atoms with Crippen molar-refractivity contribution in [2.24, 2.45) is 5.73 Å². The zero-order chi connectivity index (χ0) is 8.04. The molecule has 6 nitrogen and oxygen atoms in total. The second-order valence-electron chi connectivity index (χ2n) is 1.38. The van der Waals surface area contributed by atoms with Gasteiger partial charge in [-0.25, -0.2) is 9.25 Å². The van der Waals surface area contributed by atoms with Gasteiger partial charge in [0.05, 0.1) is 6.29 Å². The van der Waals surface area contributed by atoms with Crippen LogP contribution in [0.25, 0.3) is 0 Å². The molecule has 0 radical (unpaired) electrons. The van der Waals surface area contributed by atoms with Crippen molar-refractivity contribution in [3.63, 3.8) is 0 Å². The third kappa shape index (κ3) is 3.26. The minimum atomic E-state index is -3.14. The summed E-state index contributed by atoms with van der Waals surface area (Å²) in [4.78, 5) is 0. The Labute approximate surface area is 59.5 Å². The molecule has 0 heterocycles. The third-order valence-electron chi connectivity index (χ3n) is 0.684. The molecule has 0 aliphatic heterocycles. The molecule has 7 heteroatoms. The summed E-state index contributed by atoms with van der Waals surface area (Å²) in [5.41, 5.74) is 9.56. The fraction of sp³-hybridized carbons (Fsp3) is 1.00. The first-order valence-corrected chi connectivity index (χ1v) is 4.41. The standard InChI is InChI=1S/C3H12N3O3P/c1-5-8-10(7,3-4)9-6-2/h5-6H,3-4H2,1-2H3. The smallest absolute Gasteiger partial charge is 0.320 e. The third-order valence-corrected chi connectivity index (χ3v) is 2.05. The summed E-state index contributed by atoms with van der Waals surface area (Å²) >= 11 is 0. The van der Waals surface area contributed by atoms with Crippen LogP contribution >= 0.6 is 7.60 Å². The molecule has 0 atom stereocenters. The average Bonchev–Trinajstić information content (AvgIpc) is 1.89. The van der Waals surface area contributed by atoms with Crippen molar-refractivity contribution in [2.45, 2.75) is 0 Å². The van der Waals surface area contributed by atoms with Gasteiger partial charge in [-0.1, -0.05) is 0 Å². The van der Waals surface area contributed by atoms with Crippen LogP contribution in [0.5, 0.6) is 0 Å². The Hall–Kier alpha value is 0.0300. The highest BCUT2D eigenvalue weighted by Crippen LogP contribution is 2.43. The van der Waals surface area contributed by atoms with Gasteiger partial charge < -0.3 is 5.73 Å². The molecule has 0 aliphatic carbocycles. The summed E-state index contributed by atoms with van der Waals surface area (Å²) in [7, 11) is -0.198. The lowest BCUT2D eigenvalue weighted by Crippen LogP contribution is -2.17. The van der Waals surface area contributed by atoms with Gasteiger partial charge >= 0.3 is 7.60 Å². The van der Waals surface area contributed by atoms with Crippen LogP contribution in [0.4, 0.5) is 0 Å². The first-order chi connectivity index (χ1) is 4.68. The zero-order valence-electron chi connectivity index (χ0n) is 5.96. The first kappa shape index (κ1) is 10.0. The summed E-state index contributed by atoms with van der Waals surface area (Å²) in [5.74, 6) is 0. The molecule has 0 saturated heterocycles. The average molecular weight is 169 g/mol. The predicted octanol–water partition coefficient (Wildman–Crippen LogP) is -0.602. The van der Waals surface area contributed by atoms with Gasteiger partial charge in [0.2, 0.25) is 0 Å². The minimum absolute atomic E-state index is 0.172. The fourth-order valence-corrected chi connectivity index (χ4v) is 1.11. The van der Waals surface area contributed by atoms with E-state index in [0.717, 1.165) is 0 Å². The molecule has 0 aromatic carbocycles. The van der Waals surface area contributed by atoms with Crippen LogP contribution in [-0.4, -0.2) is 20.4 Å². The Kier molecular flexibility index (Phi) is 4.80. The number of nitrogens with two attached hydrogens (primary N) is 1. The maximum absolute atomic E-state index is 11.1. The molecular formula is C3H12N3O3P. The first-order valence-electron chi connectivity index (χ1n) is 2.68. The topological polar surface area (TPSA) is 85.6 Å².